The molecule has 0 saturated heterocycles. The predicted octanol–water partition coefficient (Wildman–Crippen LogP) is 1.94. The van der Waals surface area contributed by atoms with Crippen LogP contribution in [-0.4, -0.2) is 18.7 Å². The molecule has 1 aromatic carbocycles. The second-order valence-corrected chi connectivity index (χ2v) is 3.99. The van der Waals surface area contributed by atoms with Crippen LogP contribution in [-0.2, 0) is 14.3 Å². The van der Waals surface area contributed by atoms with Gasteiger partial charge in [-0.15, -0.1) is 0 Å². The molecule has 1 amide bonds. The highest BCUT2D eigenvalue weighted by Gasteiger charge is 2.28. The third-order valence-corrected chi connectivity index (χ3v) is 2.59. The summed E-state index contributed by atoms with van der Waals surface area (Å²) in [4.78, 5) is 11.7. The van der Waals surface area contributed by atoms with E-state index in [9.17, 15) is 4.79 Å². The monoisotopic (exact) mass is 270 g/mol. The van der Waals surface area contributed by atoms with Crippen LogP contribution in [0, 0.1) is 11.3 Å². The van der Waals surface area contributed by atoms with E-state index in [4.69, 9.17) is 14.7 Å². The molecule has 1 aliphatic rings. The van der Waals surface area contributed by atoms with E-state index >= 15 is 0 Å². The third-order valence-electron chi connectivity index (χ3n) is 2.59. The average Bonchev–Trinajstić information content (AvgIpc) is 2.46. The Morgan fingerprint density at radius 2 is 2.20 bits per heavy atom. The lowest BCUT2D eigenvalue weighted by Gasteiger charge is -2.24. The summed E-state index contributed by atoms with van der Waals surface area (Å²) in [7, 11) is 0. The van der Waals surface area contributed by atoms with Gasteiger partial charge in [-0.1, -0.05) is 36.4 Å². The first kappa shape index (κ1) is 13.7. The molecule has 1 unspecified atom stereocenters. The van der Waals surface area contributed by atoms with Crippen LogP contribution < -0.4 is 5.32 Å². The fraction of sp³-hybridized carbons (Fsp3) is 0.200. The normalized spacial score (nSPS) is 18.4. The van der Waals surface area contributed by atoms with E-state index in [2.05, 4.69) is 5.32 Å². The van der Waals surface area contributed by atoms with Crippen molar-refractivity contribution in [2.45, 2.75) is 13.2 Å². The van der Waals surface area contributed by atoms with Gasteiger partial charge >= 0.3 is 5.95 Å². The number of nitriles is 1. The van der Waals surface area contributed by atoms with Gasteiger partial charge in [0.15, 0.2) is 11.8 Å². The first-order valence-corrected chi connectivity index (χ1v) is 6.22. The SMILES string of the molecule is CCOC1=C(C#N)C(=O)NC(C=Cc2ccccc2)O1. The topological polar surface area (TPSA) is 71.3 Å². The zero-order valence-electron chi connectivity index (χ0n) is 11.0. The number of ether oxygens (including phenoxy) is 2. The molecule has 5 nitrogen and oxygen atoms in total. The van der Waals surface area contributed by atoms with Crippen LogP contribution in [0.4, 0.5) is 0 Å². The molecule has 5 heteroatoms. The quantitative estimate of drug-likeness (QED) is 0.907. The minimum absolute atomic E-state index is 0.0264. The van der Waals surface area contributed by atoms with E-state index in [0.717, 1.165) is 5.56 Å². The lowest BCUT2D eigenvalue weighted by molar-refractivity contribution is -0.124. The summed E-state index contributed by atoms with van der Waals surface area (Å²) < 4.78 is 10.6. The number of amides is 1. The number of carbonyl (C=O) groups excluding carboxylic acids is 1. The Hall–Kier alpha value is -2.74. The fourth-order valence-corrected chi connectivity index (χ4v) is 1.68. The summed E-state index contributed by atoms with van der Waals surface area (Å²) >= 11 is 0. The first-order chi connectivity index (χ1) is 9.74. The van der Waals surface area contributed by atoms with Crippen molar-refractivity contribution in [3.63, 3.8) is 0 Å². The van der Waals surface area contributed by atoms with Crippen molar-refractivity contribution >= 4 is 12.0 Å². The van der Waals surface area contributed by atoms with Gasteiger partial charge in [0.2, 0.25) is 0 Å². The number of nitrogens with zero attached hydrogens (tertiary/aromatic N) is 1. The van der Waals surface area contributed by atoms with Crippen LogP contribution >= 0.6 is 0 Å². The largest absolute Gasteiger partial charge is 0.465 e. The molecular formula is C15H14N2O3. The van der Waals surface area contributed by atoms with E-state index in [1.807, 2.05) is 36.4 Å². The van der Waals surface area contributed by atoms with E-state index in [-0.39, 0.29) is 11.5 Å². The maximum atomic E-state index is 11.7. The maximum Gasteiger partial charge on any atom is 0.305 e. The standard InChI is InChI=1S/C15H14N2O3/c1-2-19-15-12(10-16)14(18)17-13(20-15)9-8-11-6-4-3-5-7-11/h3-9,13H,2H2,1H3,(H,17,18). The lowest BCUT2D eigenvalue weighted by atomic mass is 10.2. The molecule has 0 fully saturated rings. The first-order valence-electron chi connectivity index (χ1n) is 6.22. The van der Waals surface area contributed by atoms with Gasteiger partial charge in [0, 0.05) is 0 Å². The minimum atomic E-state index is -0.652. The highest BCUT2D eigenvalue weighted by molar-refractivity contribution is 5.98. The summed E-state index contributed by atoms with van der Waals surface area (Å²) in [5.41, 5.74) is 0.842. The van der Waals surface area contributed by atoms with E-state index in [0.29, 0.717) is 6.61 Å². The maximum absolute atomic E-state index is 11.7. The highest BCUT2D eigenvalue weighted by atomic mass is 16.7. The molecule has 1 atom stereocenters. The van der Waals surface area contributed by atoms with Crippen LogP contribution in [0.5, 0.6) is 0 Å². The fourth-order valence-electron chi connectivity index (χ4n) is 1.68. The highest BCUT2D eigenvalue weighted by Crippen LogP contribution is 2.16. The number of hydrogen-bond acceptors (Lipinski definition) is 4. The Balaban J connectivity index is 2.13. The second-order valence-electron chi connectivity index (χ2n) is 3.99. The van der Waals surface area contributed by atoms with Crippen molar-refractivity contribution in [3.05, 3.63) is 53.5 Å². The number of nitrogens with one attached hydrogen (secondary N) is 1. The Morgan fingerprint density at radius 3 is 2.85 bits per heavy atom. The van der Waals surface area contributed by atoms with Gasteiger partial charge in [0.1, 0.15) is 6.07 Å². The molecule has 1 N–H and O–H groups in total. The Kier molecular flexibility index (Phi) is 4.40. The van der Waals surface area contributed by atoms with Crippen LogP contribution in [0.15, 0.2) is 47.9 Å². The number of hydrogen-bond donors (Lipinski definition) is 1. The molecule has 20 heavy (non-hydrogen) atoms. The van der Waals surface area contributed by atoms with Crippen molar-refractivity contribution in [2.75, 3.05) is 6.61 Å². The molecule has 0 bridgehead atoms. The Labute approximate surface area is 117 Å². The summed E-state index contributed by atoms with van der Waals surface area (Å²) in [5, 5.41) is 11.5. The molecule has 1 heterocycles. The smallest absolute Gasteiger partial charge is 0.305 e. The van der Waals surface area contributed by atoms with E-state index < -0.39 is 12.1 Å². The summed E-state index contributed by atoms with van der Waals surface area (Å²) in [6.45, 7) is 2.08. The summed E-state index contributed by atoms with van der Waals surface area (Å²) in [5.74, 6) is -0.522. The van der Waals surface area contributed by atoms with Gasteiger partial charge in [0.05, 0.1) is 6.61 Å². The molecule has 0 spiro atoms. The summed E-state index contributed by atoms with van der Waals surface area (Å²) in [6.07, 6.45) is 2.87. The van der Waals surface area contributed by atoms with Crippen molar-refractivity contribution in [2.24, 2.45) is 0 Å². The minimum Gasteiger partial charge on any atom is -0.465 e. The lowest BCUT2D eigenvalue weighted by Crippen LogP contribution is -2.41. The van der Waals surface area contributed by atoms with Gasteiger partial charge in [-0.2, -0.15) is 5.26 Å². The molecule has 0 aliphatic carbocycles. The third kappa shape index (κ3) is 3.18. The molecular weight excluding hydrogens is 256 g/mol. The molecule has 1 aromatic rings. The van der Waals surface area contributed by atoms with Crippen molar-refractivity contribution in [1.29, 1.82) is 5.26 Å². The van der Waals surface area contributed by atoms with E-state index in [1.165, 1.54) is 0 Å². The van der Waals surface area contributed by atoms with Crippen LogP contribution in [0.1, 0.15) is 12.5 Å². The van der Waals surface area contributed by atoms with Gasteiger partial charge in [0.25, 0.3) is 5.91 Å². The summed E-state index contributed by atoms with van der Waals surface area (Å²) in [6, 6.07) is 11.4. The van der Waals surface area contributed by atoms with Crippen molar-refractivity contribution in [3.8, 4) is 6.07 Å². The zero-order valence-corrected chi connectivity index (χ0v) is 11.0. The molecule has 102 valence electrons. The molecule has 0 aromatic heterocycles. The predicted molar refractivity (Wildman–Crippen MR) is 72.8 cm³/mol. The van der Waals surface area contributed by atoms with Crippen LogP contribution in [0.3, 0.4) is 0 Å². The number of benzene rings is 1. The van der Waals surface area contributed by atoms with Gasteiger partial charge in [-0.25, -0.2) is 0 Å². The van der Waals surface area contributed by atoms with Gasteiger partial charge in [-0.05, 0) is 18.6 Å². The number of carbonyl (C=O) groups is 1. The zero-order chi connectivity index (χ0) is 14.4. The van der Waals surface area contributed by atoms with Gasteiger partial charge < -0.3 is 14.8 Å². The molecule has 0 radical (unpaired) electrons. The molecule has 2 rings (SSSR count). The van der Waals surface area contributed by atoms with Crippen molar-refractivity contribution in [1.82, 2.24) is 5.32 Å². The van der Waals surface area contributed by atoms with Crippen molar-refractivity contribution < 1.29 is 14.3 Å². The number of rotatable bonds is 4. The Bertz CT molecular complexity index is 585. The Morgan fingerprint density at radius 1 is 1.45 bits per heavy atom. The molecule has 1 aliphatic heterocycles. The second kappa shape index (κ2) is 6.43. The average molecular weight is 270 g/mol. The van der Waals surface area contributed by atoms with Gasteiger partial charge in [-0.3, -0.25) is 4.79 Å². The van der Waals surface area contributed by atoms with Crippen LogP contribution in [0.25, 0.3) is 6.08 Å². The van der Waals surface area contributed by atoms with E-state index in [1.54, 1.807) is 19.1 Å². The van der Waals surface area contributed by atoms with Crippen LogP contribution in [0.2, 0.25) is 0 Å². The molecule has 0 saturated carbocycles.